The van der Waals surface area contributed by atoms with Gasteiger partial charge in [0.25, 0.3) is 6.47 Å². The maximum Gasteiger partial charge on any atom is 0.290 e. The quantitative estimate of drug-likeness (QED) is 0.566. The molecular formula is C6H10N2O2. The summed E-state index contributed by atoms with van der Waals surface area (Å²) in [5.74, 6) is 0. The zero-order valence-electron chi connectivity index (χ0n) is 5.74. The molecule has 56 valence electrons. The molecule has 1 aromatic rings. The van der Waals surface area contributed by atoms with Gasteiger partial charge in [0, 0.05) is 6.20 Å². The Labute approximate surface area is 58.9 Å². The van der Waals surface area contributed by atoms with Crippen LogP contribution in [0.3, 0.4) is 0 Å². The Balaban J connectivity index is 0.000000236. The molecule has 0 radical (unpaired) electrons. The van der Waals surface area contributed by atoms with Crippen LogP contribution in [0.1, 0.15) is 12.6 Å². The first-order valence-electron chi connectivity index (χ1n) is 2.91. The van der Waals surface area contributed by atoms with Crippen molar-refractivity contribution < 1.29 is 9.90 Å². The van der Waals surface area contributed by atoms with E-state index in [1.807, 2.05) is 12.3 Å². The van der Waals surface area contributed by atoms with Crippen molar-refractivity contribution in [2.24, 2.45) is 0 Å². The van der Waals surface area contributed by atoms with Gasteiger partial charge in [0.2, 0.25) is 0 Å². The van der Waals surface area contributed by atoms with Crippen LogP contribution in [-0.4, -0.2) is 21.8 Å². The predicted molar refractivity (Wildman–Crippen MR) is 36.7 cm³/mol. The molecule has 4 nitrogen and oxygen atoms in total. The van der Waals surface area contributed by atoms with Crippen LogP contribution in [-0.2, 0) is 11.2 Å². The molecule has 0 aromatic carbocycles. The monoisotopic (exact) mass is 142 g/mol. The minimum atomic E-state index is -0.250. The summed E-state index contributed by atoms with van der Waals surface area (Å²) in [5, 5.41) is 13.5. The number of carbonyl (C=O) groups is 1. The fourth-order valence-electron chi connectivity index (χ4n) is 0.488. The Morgan fingerprint density at radius 2 is 2.50 bits per heavy atom. The van der Waals surface area contributed by atoms with Crippen molar-refractivity contribution in [1.29, 1.82) is 0 Å². The van der Waals surface area contributed by atoms with E-state index in [1.165, 1.54) is 0 Å². The van der Waals surface area contributed by atoms with Crippen molar-refractivity contribution >= 4 is 6.47 Å². The molecule has 4 heteroatoms. The second-order valence-electron chi connectivity index (χ2n) is 1.52. The van der Waals surface area contributed by atoms with Crippen molar-refractivity contribution in [2.75, 3.05) is 0 Å². The number of aromatic nitrogens is 2. The lowest BCUT2D eigenvalue weighted by molar-refractivity contribution is -0.122. The highest BCUT2D eigenvalue weighted by atomic mass is 16.3. The van der Waals surface area contributed by atoms with Crippen molar-refractivity contribution in [3.8, 4) is 0 Å². The molecular weight excluding hydrogens is 132 g/mol. The van der Waals surface area contributed by atoms with Gasteiger partial charge in [-0.15, -0.1) is 0 Å². The first-order chi connectivity index (χ1) is 4.85. The molecule has 0 saturated heterocycles. The third-order valence-electron chi connectivity index (χ3n) is 0.921. The van der Waals surface area contributed by atoms with Gasteiger partial charge in [-0.2, -0.15) is 5.10 Å². The van der Waals surface area contributed by atoms with Gasteiger partial charge in [-0.05, 0) is 12.5 Å². The van der Waals surface area contributed by atoms with Crippen LogP contribution in [0.4, 0.5) is 0 Å². The van der Waals surface area contributed by atoms with E-state index in [0.29, 0.717) is 0 Å². The van der Waals surface area contributed by atoms with E-state index in [4.69, 9.17) is 9.90 Å². The van der Waals surface area contributed by atoms with Gasteiger partial charge in [0.15, 0.2) is 0 Å². The standard InChI is InChI=1S/C5H8N2.CH2O2/c1-2-5-3-4-6-7-5;2-1-3/h3-4H,2H2,1H3,(H,6,7);1H,(H,2,3). The van der Waals surface area contributed by atoms with Gasteiger partial charge in [0.1, 0.15) is 0 Å². The van der Waals surface area contributed by atoms with E-state index in [-0.39, 0.29) is 6.47 Å². The molecule has 0 saturated carbocycles. The average Bonchev–Trinajstić information content (AvgIpc) is 2.39. The Kier molecular flexibility index (Phi) is 5.04. The number of rotatable bonds is 1. The molecule has 1 aromatic heterocycles. The summed E-state index contributed by atoms with van der Waals surface area (Å²) >= 11 is 0. The highest BCUT2D eigenvalue weighted by Crippen LogP contribution is 1.88. The Morgan fingerprint density at radius 1 is 1.90 bits per heavy atom. The minimum Gasteiger partial charge on any atom is -0.483 e. The summed E-state index contributed by atoms with van der Waals surface area (Å²) < 4.78 is 0. The molecule has 0 unspecified atom stereocenters. The van der Waals surface area contributed by atoms with Crippen molar-refractivity contribution in [1.82, 2.24) is 10.2 Å². The molecule has 0 bridgehead atoms. The van der Waals surface area contributed by atoms with Gasteiger partial charge < -0.3 is 5.11 Å². The van der Waals surface area contributed by atoms with Gasteiger partial charge in [-0.25, -0.2) is 0 Å². The van der Waals surface area contributed by atoms with E-state index >= 15 is 0 Å². The zero-order valence-corrected chi connectivity index (χ0v) is 5.74. The van der Waals surface area contributed by atoms with E-state index < -0.39 is 0 Å². The van der Waals surface area contributed by atoms with Crippen LogP contribution in [0.2, 0.25) is 0 Å². The number of carboxylic acid groups (broad SMARTS) is 1. The van der Waals surface area contributed by atoms with E-state index in [9.17, 15) is 0 Å². The van der Waals surface area contributed by atoms with Crippen LogP contribution in [0, 0.1) is 0 Å². The number of hydrogen-bond acceptors (Lipinski definition) is 2. The second-order valence-corrected chi connectivity index (χ2v) is 1.52. The van der Waals surface area contributed by atoms with Crippen molar-refractivity contribution in [3.63, 3.8) is 0 Å². The highest BCUT2D eigenvalue weighted by molar-refractivity contribution is 5.32. The fourth-order valence-corrected chi connectivity index (χ4v) is 0.488. The molecule has 1 rings (SSSR count). The summed E-state index contributed by atoms with van der Waals surface area (Å²) in [5.41, 5.74) is 1.12. The maximum atomic E-state index is 8.36. The summed E-state index contributed by atoms with van der Waals surface area (Å²) in [6.07, 6.45) is 2.85. The normalized spacial score (nSPS) is 7.70. The van der Waals surface area contributed by atoms with Crippen LogP contribution >= 0.6 is 0 Å². The number of aromatic amines is 1. The van der Waals surface area contributed by atoms with Crippen LogP contribution in [0.15, 0.2) is 12.3 Å². The van der Waals surface area contributed by atoms with Crippen molar-refractivity contribution in [2.45, 2.75) is 13.3 Å². The summed E-state index contributed by atoms with van der Waals surface area (Å²) in [4.78, 5) is 8.36. The predicted octanol–water partition coefficient (Wildman–Crippen LogP) is 0.673. The van der Waals surface area contributed by atoms with Crippen LogP contribution in [0.25, 0.3) is 0 Å². The van der Waals surface area contributed by atoms with Gasteiger partial charge in [0.05, 0.1) is 5.69 Å². The summed E-state index contributed by atoms with van der Waals surface area (Å²) in [6, 6.07) is 1.97. The fraction of sp³-hybridized carbons (Fsp3) is 0.333. The summed E-state index contributed by atoms with van der Waals surface area (Å²) in [7, 11) is 0. The second kappa shape index (κ2) is 5.81. The van der Waals surface area contributed by atoms with Crippen molar-refractivity contribution in [3.05, 3.63) is 18.0 Å². The lowest BCUT2D eigenvalue weighted by atomic mass is 10.4. The highest BCUT2D eigenvalue weighted by Gasteiger charge is 1.83. The molecule has 10 heavy (non-hydrogen) atoms. The largest absolute Gasteiger partial charge is 0.483 e. The Hall–Kier alpha value is -1.32. The zero-order chi connectivity index (χ0) is 7.82. The molecule has 0 aliphatic carbocycles. The topological polar surface area (TPSA) is 66.0 Å². The lowest BCUT2D eigenvalue weighted by Crippen LogP contribution is -1.75. The molecule has 0 atom stereocenters. The average molecular weight is 142 g/mol. The molecule has 0 amide bonds. The van der Waals surface area contributed by atoms with Gasteiger partial charge in [-0.3, -0.25) is 9.89 Å². The van der Waals surface area contributed by atoms with E-state index in [0.717, 1.165) is 12.1 Å². The SMILES string of the molecule is CCc1cc[nH]n1.O=CO. The number of H-pyrrole nitrogens is 1. The third-order valence-corrected chi connectivity index (χ3v) is 0.921. The maximum absolute atomic E-state index is 8.36. The Bertz CT molecular complexity index is 160. The summed E-state index contributed by atoms with van der Waals surface area (Å²) in [6.45, 7) is 1.83. The molecule has 1 heterocycles. The molecule has 2 N–H and O–H groups in total. The van der Waals surface area contributed by atoms with Gasteiger partial charge >= 0.3 is 0 Å². The number of aryl methyl sites for hydroxylation is 1. The number of hydrogen-bond donors (Lipinski definition) is 2. The first-order valence-corrected chi connectivity index (χ1v) is 2.91. The minimum absolute atomic E-state index is 0.250. The van der Waals surface area contributed by atoms with Crippen LogP contribution in [0.5, 0.6) is 0 Å². The Morgan fingerprint density at radius 3 is 2.70 bits per heavy atom. The van der Waals surface area contributed by atoms with E-state index in [1.54, 1.807) is 0 Å². The molecule has 0 aliphatic rings. The smallest absolute Gasteiger partial charge is 0.290 e. The van der Waals surface area contributed by atoms with E-state index in [2.05, 4.69) is 17.1 Å². The lowest BCUT2D eigenvalue weighted by Gasteiger charge is -1.77. The molecule has 0 spiro atoms. The molecule has 0 aliphatic heterocycles. The molecule has 0 fully saturated rings. The number of nitrogens with one attached hydrogen (secondary N) is 1. The number of nitrogens with zero attached hydrogens (tertiary/aromatic N) is 1. The first kappa shape index (κ1) is 8.68. The van der Waals surface area contributed by atoms with Gasteiger partial charge in [-0.1, -0.05) is 6.92 Å². The van der Waals surface area contributed by atoms with Crippen LogP contribution < -0.4 is 0 Å². The third kappa shape index (κ3) is 3.65.